The Kier molecular flexibility index (Phi) is 8.08. The zero-order valence-electron chi connectivity index (χ0n) is 19.6. The molecule has 34 heavy (non-hydrogen) atoms. The van der Waals surface area contributed by atoms with Gasteiger partial charge in [0.15, 0.2) is 0 Å². The van der Waals surface area contributed by atoms with E-state index in [2.05, 4.69) is 16.0 Å². The van der Waals surface area contributed by atoms with E-state index in [4.69, 9.17) is 4.74 Å². The van der Waals surface area contributed by atoms with Crippen molar-refractivity contribution in [2.45, 2.75) is 39.3 Å². The van der Waals surface area contributed by atoms with Crippen molar-refractivity contribution in [3.8, 4) is 5.69 Å². The van der Waals surface area contributed by atoms with Gasteiger partial charge < -0.3 is 25.3 Å². The number of carbonyl (C=O) groups is 3. The standard InChI is InChI=1S/C26H30N4O4/c1-26(2,3)34-25(33)27-14-13-23(31)28-18-19-7-6-8-21(17-19)29-24(32)20-9-11-22(12-10-20)30-15-4-5-16-30/h4-12,15-17H,13-14,18H2,1-3H3,(H,27,33)(H,28,31)(H,29,32). The molecule has 1 heterocycles. The van der Waals surface area contributed by atoms with Crippen molar-refractivity contribution in [3.63, 3.8) is 0 Å². The number of hydrogen-bond donors (Lipinski definition) is 3. The molecule has 3 aromatic rings. The van der Waals surface area contributed by atoms with Gasteiger partial charge in [-0.15, -0.1) is 0 Å². The molecule has 2 aromatic carbocycles. The number of alkyl carbamates (subject to hydrolysis) is 1. The average molecular weight is 463 g/mol. The molecule has 8 heteroatoms. The Bertz CT molecular complexity index is 1120. The van der Waals surface area contributed by atoms with Gasteiger partial charge in [0.05, 0.1) is 0 Å². The van der Waals surface area contributed by atoms with Crippen LogP contribution in [0.1, 0.15) is 43.1 Å². The van der Waals surface area contributed by atoms with E-state index in [9.17, 15) is 14.4 Å². The van der Waals surface area contributed by atoms with Gasteiger partial charge in [-0.1, -0.05) is 12.1 Å². The molecule has 0 saturated heterocycles. The van der Waals surface area contributed by atoms with Crippen LogP contribution in [0.3, 0.4) is 0 Å². The molecule has 0 spiro atoms. The third kappa shape index (κ3) is 7.81. The molecule has 0 unspecified atom stereocenters. The number of nitrogens with one attached hydrogen (secondary N) is 3. The first-order chi connectivity index (χ1) is 16.2. The molecule has 0 atom stereocenters. The fraction of sp³-hybridized carbons (Fsp3) is 0.269. The van der Waals surface area contributed by atoms with Gasteiger partial charge in [-0.2, -0.15) is 0 Å². The molecule has 0 fully saturated rings. The second kappa shape index (κ2) is 11.2. The predicted molar refractivity (Wildman–Crippen MR) is 131 cm³/mol. The largest absolute Gasteiger partial charge is 0.444 e. The van der Waals surface area contributed by atoms with Gasteiger partial charge in [0, 0.05) is 48.8 Å². The number of amides is 3. The summed E-state index contributed by atoms with van der Waals surface area (Å²) >= 11 is 0. The molecule has 3 rings (SSSR count). The molecule has 1 aromatic heterocycles. The van der Waals surface area contributed by atoms with Gasteiger partial charge in [0.2, 0.25) is 5.91 Å². The van der Waals surface area contributed by atoms with Gasteiger partial charge >= 0.3 is 6.09 Å². The van der Waals surface area contributed by atoms with E-state index >= 15 is 0 Å². The maximum atomic E-state index is 12.6. The Morgan fingerprint density at radius 2 is 1.62 bits per heavy atom. The zero-order valence-corrected chi connectivity index (χ0v) is 19.6. The molecular formula is C26H30N4O4. The van der Waals surface area contributed by atoms with E-state index < -0.39 is 11.7 Å². The van der Waals surface area contributed by atoms with Gasteiger partial charge in [0.1, 0.15) is 5.60 Å². The quantitative estimate of drug-likeness (QED) is 0.466. The van der Waals surface area contributed by atoms with Crippen LogP contribution < -0.4 is 16.0 Å². The summed E-state index contributed by atoms with van der Waals surface area (Å²) in [6.07, 6.45) is 3.46. The molecule has 3 N–H and O–H groups in total. The average Bonchev–Trinajstić information content (AvgIpc) is 3.32. The number of anilines is 1. The first-order valence-corrected chi connectivity index (χ1v) is 11.1. The van der Waals surface area contributed by atoms with Crippen molar-refractivity contribution in [2.24, 2.45) is 0 Å². The van der Waals surface area contributed by atoms with Crippen LogP contribution in [-0.2, 0) is 16.1 Å². The maximum absolute atomic E-state index is 12.6. The van der Waals surface area contributed by atoms with Gasteiger partial charge in [-0.3, -0.25) is 9.59 Å². The minimum Gasteiger partial charge on any atom is -0.444 e. The van der Waals surface area contributed by atoms with E-state index in [1.165, 1.54) is 0 Å². The zero-order chi connectivity index (χ0) is 24.6. The number of benzene rings is 2. The molecule has 0 aliphatic heterocycles. The number of ether oxygens (including phenoxy) is 1. The molecule has 0 bridgehead atoms. The summed E-state index contributed by atoms with van der Waals surface area (Å²) in [6.45, 7) is 5.81. The summed E-state index contributed by atoms with van der Waals surface area (Å²) in [5.74, 6) is -0.415. The Labute approximate surface area is 199 Å². The third-order valence-electron chi connectivity index (χ3n) is 4.73. The highest BCUT2D eigenvalue weighted by molar-refractivity contribution is 6.04. The molecule has 0 saturated carbocycles. The van der Waals surface area contributed by atoms with Gasteiger partial charge in [0.25, 0.3) is 5.91 Å². The van der Waals surface area contributed by atoms with Crippen LogP contribution in [0.5, 0.6) is 0 Å². The van der Waals surface area contributed by atoms with E-state index in [-0.39, 0.29) is 24.8 Å². The SMILES string of the molecule is CC(C)(C)OC(=O)NCCC(=O)NCc1cccc(NC(=O)c2ccc(-n3cccc3)cc2)c1. The fourth-order valence-corrected chi connectivity index (χ4v) is 3.14. The Hall–Kier alpha value is -4.07. The summed E-state index contributed by atoms with van der Waals surface area (Å²) in [4.78, 5) is 36.3. The Morgan fingerprint density at radius 3 is 2.29 bits per heavy atom. The molecule has 0 radical (unpaired) electrons. The van der Waals surface area contributed by atoms with Crippen LogP contribution in [0.4, 0.5) is 10.5 Å². The van der Waals surface area contributed by atoms with E-state index in [1.54, 1.807) is 39.0 Å². The highest BCUT2D eigenvalue weighted by atomic mass is 16.6. The van der Waals surface area contributed by atoms with Crippen molar-refractivity contribution in [1.82, 2.24) is 15.2 Å². The van der Waals surface area contributed by atoms with Crippen LogP contribution in [-0.4, -0.2) is 34.6 Å². The lowest BCUT2D eigenvalue weighted by molar-refractivity contribution is -0.121. The number of nitrogens with zero attached hydrogens (tertiary/aromatic N) is 1. The van der Waals surface area contributed by atoms with Crippen molar-refractivity contribution in [3.05, 3.63) is 84.2 Å². The van der Waals surface area contributed by atoms with E-state index in [0.29, 0.717) is 17.8 Å². The minimum absolute atomic E-state index is 0.134. The minimum atomic E-state index is -0.584. The van der Waals surface area contributed by atoms with Crippen molar-refractivity contribution >= 4 is 23.6 Å². The first-order valence-electron chi connectivity index (χ1n) is 11.1. The molecule has 0 aliphatic carbocycles. The molecular weight excluding hydrogens is 432 g/mol. The van der Waals surface area contributed by atoms with Crippen molar-refractivity contribution < 1.29 is 19.1 Å². The van der Waals surface area contributed by atoms with Crippen molar-refractivity contribution in [1.29, 1.82) is 0 Å². The summed E-state index contributed by atoms with van der Waals surface area (Å²) in [5.41, 5.74) is 2.42. The second-order valence-corrected chi connectivity index (χ2v) is 8.75. The monoisotopic (exact) mass is 462 g/mol. The number of hydrogen-bond acceptors (Lipinski definition) is 4. The summed E-state index contributed by atoms with van der Waals surface area (Å²) in [5, 5.41) is 8.25. The van der Waals surface area contributed by atoms with Crippen LogP contribution in [0.15, 0.2) is 73.1 Å². The van der Waals surface area contributed by atoms with Crippen LogP contribution in [0.25, 0.3) is 5.69 Å². The normalized spacial score (nSPS) is 10.9. The number of rotatable bonds is 8. The summed E-state index contributed by atoms with van der Waals surface area (Å²) in [6, 6.07) is 18.5. The fourth-order valence-electron chi connectivity index (χ4n) is 3.14. The lowest BCUT2D eigenvalue weighted by atomic mass is 10.1. The lowest BCUT2D eigenvalue weighted by Gasteiger charge is -2.19. The third-order valence-corrected chi connectivity index (χ3v) is 4.73. The van der Waals surface area contributed by atoms with Gasteiger partial charge in [-0.25, -0.2) is 4.79 Å². The number of aromatic nitrogens is 1. The smallest absolute Gasteiger partial charge is 0.407 e. The summed E-state index contributed by atoms with van der Waals surface area (Å²) < 4.78 is 7.10. The first kappa shape index (κ1) is 24.6. The molecule has 178 valence electrons. The Balaban J connectivity index is 1.45. The van der Waals surface area contributed by atoms with Gasteiger partial charge in [-0.05, 0) is 74.9 Å². The van der Waals surface area contributed by atoms with Crippen LogP contribution in [0.2, 0.25) is 0 Å². The lowest BCUT2D eigenvalue weighted by Crippen LogP contribution is -2.35. The summed E-state index contributed by atoms with van der Waals surface area (Å²) in [7, 11) is 0. The highest BCUT2D eigenvalue weighted by Gasteiger charge is 2.16. The second-order valence-electron chi connectivity index (χ2n) is 8.75. The van der Waals surface area contributed by atoms with E-state index in [0.717, 1.165) is 11.3 Å². The van der Waals surface area contributed by atoms with Crippen LogP contribution >= 0.6 is 0 Å². The van der Waals surface area contributed by atoms with Crippen molar-refractivity contribution in [2.75, 3.05) is 11.9 Å². The maximum Gasteiger partial charge on any atom is 0.407 e. The van der Waals surface area contributed by atoms with Crippen LogP contribution in [0, 0.1) is 0 Å². The topological polar surface area (TPSA) is 101 Å². The highest BCUT2D eigenvalue weighted by Crippen LogP contribution is 2.14. The molecule has 0 aliphatic rings. The molecule has 3 amide bonds. The molecule has 8 nitrogen and oxygen atoms in total. The Morgan fingerprint density at radius 1 is 0.912 bits per heavy atom. The number of carbonyl (C=O) groups excluding carboxylic acids is 3. The predicted octanol–water partition coefficient (Wildman–Crippen LogP) is 4.26. The van der Waals surface area contributed by atoms with E-state index in [1.807, 2.05) is 59.4 Å².